The Labute approximate surface area is 101 Å². The zero-order valence-electron chi connectivity index (χ0n) is 10.4. The summed E-state index contributed by atoms with van der Waals surface area (Å²) in [6.45, 7) is 6.65. The Bertz CT molecular complexity index is 391. The number of nitrogens with two attached hydrogens (primary N) is 1. The molecule has 0 atom stereocenters. The molecule has 1 heterocycles. The molecule has 0 aliphatic rings. The first-order valence-corrected chi connectivity index (χ1v) is 5.68. The first-order valence-electron chi connectivity index (χ1n) is 5.68. The number of likely N-dealkylation sites (N-methyl/N-ethyl adjacent to an activating group) is 1. The molecular formula is C11H19N5O. The lowest BCUT2D eigenvalue weighted by Crippen LogP contribution is -2.29. The molecule has 1 aromatic heterocycles. The maximum absolute atomic E-state index is 11.3. The summed E-state index contributed by atoms with van der Waals surface area (Å²) in [4.78, 5) is 19.7. The fourth-order valence-electron chi connectivity index (χ4n) is 1.26. The van der Waals surface area contributed by atoms with Gasteiger partial charge in [0.15, 0.2) is 0 Å². The number of aromatic nitrogens is 2. The van der Waals surface area contributed by atoms with Crippen molar-refractivity contribution in [1.82, 2.24) is 15.3 Å². The Hall–Kier alpha value is -1.85. The second-order valence-electron chi connectivity index (χ2n) is 4.00. The van der Waals surface area contributed by atoms with Crippen LogP contribution in [-0.2, 0) is 4.79 Å². The maximum atomic E-state index is 11.3. The van der Waals surface area contributed by atoms with Gasteiger partial charge < -0.3 is 16.4 Å². The second-order valence-corrected chi connectivity index (χ2v) is 4.00. The molecule has 0 fully saturated rings. The second kappa shape index (κ2) is 6.03. The van der Waals surface area contributed by atoms with Gasteiger partial charge in [0.1, 0.15) is 17.5 Å². The molecule has 6 heteroatoms. The Balaban J connectivity index is 2.68. The summed E-state index contributed by atoms with van der Waals surface area (Å²) in [5, 5.41) is 5.61. The zero-order chi connectivity index (χ0) is 12.8. The fraction of sp³-hybridized carbons (Fsp3) is 0.545. The van der Waals surface area contributed by atoms with E-state index in [4.69, 9.17) is 5.73 Å². The highest BCUT2D eigenvalue weighted by Crippen LogP contribution is 2.14. The molecule has 0 aliphatic carbocycles. The highest BCUT2D eigenvalue weighted by molar-refractivity contribution is 5.80. The van der Waals surface area contributed by atoms with Gasteiger partial charge in [0, 0.05) is 18.5 Å². The Morgan fingerprint density at radius 3 is 2.76 bits per heavy atom. The molecule has 6 nitrogen and oxygen atoms in total. The predicted octanol–water partition coefficient (Wildman–Crippen LogP) is 0.730. The van der Waals surface area contributed by atoms with Gasteiger partial charge in [-0.15, -0.1) is 0 Å². The number of amides is 1. The van der Waals surface area contributed by atoms with E-state index in [0.717, 1.165) is 0 Å². The summed E-state index contributed by atoms with van der Waals surface area (Å²) in [6.07, 6.45) is 0. The summed E-state index contributed by atoms with van der Waals surface area (Å²) >= 11 is 0. The van der Waals surface area contributed by atoms with E-state index < -0.39 is 0 Å². The SMILES string of the molecule is CCNC(=O)CNc1cc(N)nc(C(C)C)n1. The lowest BCUT2D eigenvalue weighted by molar-refractivity contribution is -0.119. The number of carbonyl (C=O) groups excluding carboxylic acids is 1. The molecule has 0 aliphatic heterocycles. The fourth-order valence-corrected chi connectivity index (χ4v) is 1.26. The topological polar surface area (TPSA) is 92.9 Å². The van der Waals surface area contributed by atoms with E-state index in [1.165, 1.54) is 0 Å². The number of nitrogen functional groups attached to an aromatic ring is 1. The normalized spacial score (nSPS) is 10.4. The molecule has 1 aromatic rings. The number of rotatable bonds is 5. The number of hydrogen-bond donors (Lipinski definition) is 3. The minimum Gasteiger partial charge on any atom is -0.384 e. The average Bonchev–Trinajstić information content (AvgIpc) is 2.26. The lowest BCUT2D eigenvalue weighted by atomic mass is 10.2. The summed E-state index contributed by atoms with van der Waals surface area (Å²) in [6, 6.07) is 1.62. The van der Waals surface area contributed by atoms with Crippen molar-refractivity contribution in [2.24, 2.45) is 0 Å². The summed E-state index contributed by atoms with van der Waals surface area (Å²) in [5.74, 6) is 1.78. The van der Waals surface area contributed by atoms with E-state index in [2.05, 4.69) is 20.6 Å². The summed E-state index contributed by atoms with van der Waals surface area (Å²) in [7, 11) is 0. The van der Waals surface area contributed by atoms with Crippen molar-refractivity contribution in [2.45, 2.75) is 26.7 Å². The van der Waals surface area contributed by atoms with Gasteiger partial charge in [-0.2, -0.15) is 0 Å². The van der Waals surface area contributed by atoms with Gasteiger partial charge in [-0.1, -0.05) is 13.8 Å². The minimum atomic E-state index is -0.0734. The van der Waals surface area contributed by atoms with Gasteiger partial charge in [0.25, 0.3) is 0 Å². The summed E-state index contributed by atoms with van der Waals surface area (Å²) < 4.78 is 0. The van der Waals surface area contributed by atoms with Gasteiger partial charge in [0.2, 0.25) is 5.91 Å². The molecule has 0 aromatic carbocycles. The van der Waals surface area contributed by atoms with Crippen molar-refractivity contribution >= 4 is 17.5 Å². The first kappa shape index (κ1) is 13.2. The van der Waals surface area contributed by atoms with Crippen molar-refractivity contribution in [3.8, 4) is 0 Å². The van der Waals surface area contributed by atoms with Gasteiger partial charge >= 0.3 is 0 Å². The van der Waals surface area contributed by atoms with E-state index in [-0.39, 0.29) is 18.4 Å². The van der Waals surface area contributed by atoms with Crippen molar-refractivity contribution in [2.75, 3.05) is 24.1 Å². The number of hydrogen-bond acceptors (Lipinski definition) is 5. The molecule has 0 saturated heterocycles. The number of nitrogens with one attached hydrogen (secondary N) is 2. The zero-order valence-corrected chi connectivity index (χ0v) is 10.4. The predicted molar refractivity (Wildman–Crippen MR) is 67.7 cm³/mol. The third-order valence-electron chi connectivity index (χ3n) is 2.08. The molecule has 0 saturated carbocycles. The van der Waals surface area contributed by atoms with E-state index in [1.807, 2.05) is 20.8 Å². The smallest absolute Gasteiger partial charge is 0.239 e. The Morgan fingerprint density at radius 2 is 2.18 bits per heavy atom. The van der Waals surface area contributed by atoms with Crippen LogP contribution in [0.15, 0.2) is 6.07 Å². The quantitative estimate of drug-likeness (QED) is 0.702. The molecule has 0 radical (unpaired) electrons. The van der Waals surface area contributed by atoms with Crippen molar-refractivity contribution in [3.05, 3.63) is 11.9 Å². The lowest BCUT2D eigenvalue weighted by Gasteiger charge is -2.09. The molecule has 1 rings (SSSR count). The Morgan fingerprint density at radius 1 is 1.47 bits per heavy atom. The number of nitrogens with zero attached hydrogens (tertiary/aromatic N) is 2. The highest BCUT2D eigenvalue weighted by Gasteiger charge is 2.07. The Kier molecular flexibility index (Phi) is 4.68. The minimum absolute atomic E-state index is 0.0734. The molecule has 0 bridgehead atoms. The van der Waals surface area contributed by atoms with Crippen LogP contribution in [0.1, 0.15) is 32.5 Å². The third kappa shape index (κ3) is 4.26. The van der Waals surface area contributed by atoms with Crippen LogP contribution in [0.5, 0.6) is 0 Å². The summed E-state index contributed by atoms with van der Waals surface area (Å²) in [5.41, 5.74) is 5.67. The molecule has 0 unspecified atom stereocenters. The van der Waals surface area contributed by atoms with Crippen molar-refractivity contribution < 1.29 is 4.79 Å². The maximum Gasteiger partial charge on any atom is 0.239 e. The third-order valence-corrected chi connectivity index (χ3v) is 2.08. The van der Waals surface area contributed by atoms with Gasteiger partial charge in [0.05, 0.1) is 6.54 Å². The van der Waals surface area contributed by atoms with Crippen LogP contribution < -0.4 is 16.4 Å². The van der Waals surface area contributed by atoms with Crippen LogP contribution in [0.4, 0.5) is 11.6 Å². The first-order chi connectivity index (χ1) is 8.02. The number of carbonyl (C=O) groups is 1. The van der Waals surface area contributed by atoms with E-state index in [1.54, 1.807) is 6.07 Å². The molecule has 0 spiro atoms. The van der Waals surface area contributed by atoms with Crippen LogP contribution in [0.3, 0.4) is 0 Å². The largest absolute Gasteiger partial charge is 0.384 e. The molecule has 94 valence electrons. The van der Waals surface area contributed by atoms with Crippen LogP contribution in [0.2, 0.25) is 0 Å². The van der Waals surface area contributed by atoms with Gasteiger partial charge in [-0.3, -0.25) is 4.79 Å². The van der Waals surface area contributed by atoms with Crippen molar-refractivity contribution in [3.63, 3.8) is 0 Å². The van der Waals surface area contributed by atoms with Gasteiger partial charge in [-0.05, 0) is 6.92 Å². The van der Waals surface area contributed by atoms with Crippen LogP contribution in [-0.4, -0.2) is 29.0 Å². The van der Waals surface area contributed by atoms with Crippen molar-refractivity contribution in [1.29, 1.82) is 0 Å². The molecular weight excluding hydrogens is 218 g/mol. The van der Waals surface area contributed by atoms with E-state index in [9.17, 15) is 4.79 Å². The monoisotopic (exact) mass is 237 g/mol. The van der Waals surface area contributed by atoms with Crippen LogP contribution in [0.25, 0.3) is 0 Å². The van der Waals surface area contributed by atoms with E-state index >= 15 is 0 Å². The van der Waals surface area contributed by atoms with Crippen LogP contribution >= 0.6 is 0 Å². The molecule has 1 amide bonds. The standard InChI is InChI=1S/C11H19N5O/c1-4-13-10(17)6-14-9-5-8(12)15-11(16-9)7(2)3/h5,7H,4,6H2,1-3H3,(H,13,17)(H3,12,14,15,16). The molecule has 4 N–H and O–H groups in total. The number of anilines is 2. The van der Waals surface area contributed by atoms with Gasteiger partial charge in [-0.25, -0.2) is 9.97 Å². The molecule has 17 heavy (non-hydrogen) atoms. The van der Waals surface area contributed by atoms with E-state index in [0.29, 0.717) is 24.0 Å². The average molecular weight is 237 g/mol. The highest BCUT2D eigenvalue weighted by atomic mass is 16.1. The van der Waals surface area contributed by atoms with Crippen LogP contribution in [0, 0.1) is 0 Å².